The maximum Gasteiger partial charge on any atom is 0.124 e. The van der Waals surface area contributed by atoms with Crippen LogP contribution in [0.3, 0.4) is 0 Å². The molecule has 0 radical (unpaired) electrons. The molecule has 1 saturated heterocycles. The van der Waals surface area contributed by atoms with Gasteiger partial charge in [-0.1, -0.05) is 6.07 Å². The fraction of sp³-hybridized carbons (Fsp3) is 0.571. The zero-order chi connectivity index (χ0) is 13.0. The standard InChI is InChI=1S/C14H22N2O2/c1-11(15)9-12-3-4-13(10-14(12)17-2)16-5-7-18-8-6-16/h3-4,10-11H,5-9,15H2,1-2H3. The highest BCUT2D eigenvalue weighted by Crippen LogP contribution is 2.27. The third-order valence-corrected chi connectivity index (χ3v) is 3.19. The molecule has 18 heavy (non-hydrogen) atoms. The summed E-state index contributed by atoms with van der Waals surface area (Å²) in [5.41, 5.74) is 8.21. The zero-order valence-electron chi connectivity index (χ0n) is 11.2. The van der Waals surface area contributed by atoms with Gasteiger partial charge in [0.15, 0.2) is 0 Å². The number of hydrogen-bond donors (Lipinski definition) is 1. The van der Waals surface area contributed by atoms with E-state index in [-0.39, 0.29) is 6.04 Å². The van der Waals surface area contributed by atoms with Gasteiger partial charge in [-0.3, -0.25) is 0 Å². The molecular formula is C14H22N2O2. The molecule has 2 rings (SSSR count). The van der Waals surface area contributed by atoms with Gasteiger partial charge in [0.25, 0.3) is 0 Å². The molecule has 2 N–H and O–H groups in total. The van der Waals surface area contributed by atoms with Crippen LogP contribution < -0.4 is 15.4 Å². The zero-order valence-corrected chi connectivity index (χ0v) is 11.2. The van der Waals surface area contributed by atoms with Crippen LogP contribution >= 0.6 is 0 Å². The molecule has 4 nitrogen and oxygen atoms in total. The third kappa shape index (κ3) is 3.15. The van der Waals surface area contributed by atoms with Crippen LogP contribution in [0.4, 0.5) is 5.69 Å². The number of hydrogen-bond acceptors (Lipinski definition) is 4. The van der Waals surface area contributed by atoms with Gasteiger partial charge in [-0.15, -0.1) is 0 Å². The first-order valence-electron chi connectivity index (χ1n) is 6.46. The van der Waals surface area contributed by atoms with Gasteiger partial charge in [0.1, 0.15) is 5.75 Å². The van der Waals surface area contributed by atoms with Crippen molar-refractivity contribution < 1.29 is 9.47 Å². The van der Waals surface area contributed by atoms with Crippen LogP contribution in [0.25, 0.3) is 0 Å². The van der Waals surface area contributed by atoms with E-state index in [2.05, 4.69) is 23.1 Å². The second-order valence-corrected chi connectivity index (χ2v) is 4.78. The molecule has 1 aliphatic heterocycles. The quantitative estimate of drug-likeness (QED) is 0.878. The van der Waals surface area contributed by atoms with E-state index < -0.39 is 0 Å². The molecule has 0 spiro atoms. The summed E-state index contributed by atoms with van der Waals surface area (Å²) in [7, 11) is 1.71. The molecule has 1 unspecified atom stereocenters. The Bertz CT molecular complexity index is 387. The molecule has 100 valence electrons. The SMILES string of the molecule is COc1cc(N2CCOCC2)ccc1CC(C)N. The fourth-order valence-electron chi connectivity index (χ4n) is 2.27. The lowest BCUT2D eigenvalue weighted by atomic mass is 10.1. The van der Waals surface area contributed by atoms with Crippen molar-refractivity contribution in [3.05, 3.63) is 23.8 Å². The maximum absolute atomic E-state index is 5.85. The van der Waals surface area contributed by atoms with E-state index in [0.29, 0.717) is 0 Å². The molecular weight excluding hydrogens is 228 g/mol. The average Bonchev–Trinajstić information content (AvgIpc) is 2.39. The number of methoxy groups -OCH3 is 1. The second kappa shape index (κ2) is 6.07. The van der Waals surface area contributed by atoms with E-state index in [4.69, 9.17) is 15.2 Å². The van der Waals surface area contributed by atoms with E-state index in [1.54, 1.807) is 7.11 Å². The highest BCUT2D eigenvalue weighted by molar-refractivity contribution is 5.54. The van der Waals surface area contributed by atoms with Gasteiger partial charge in [0.2, 0.25) is 0 Å². The first-order valence-corrected chi connectivity index (χ1v) is 6.46. The Labute approximate surface area is 109 Å². The molecule has 0 aliphatic carbocycles. The van der Waals surface area contributed by atoms with Crippen molar-refractivity contribution in [3.8, 4) is 5.75 Å². The van der Waals surface area contributed by atoms with Crippen molar-refractivity contribution in [3.63, 3.8) is 0 Å². The number of ether oxygens (including phenoxy) is 2. The number of benzene rings is 1. The largest absolute Gasteiger partial charge is 0.496 e. The Morgan fingerprint density at radius 3 is 2.72 bits per heavy atom. The number of morpholine rings is 1. The van der Waals surface area contributed by atoms with Crippen molar-refractivity contribution in [2.75, 3.05) is 38.3 Å². The molecule has 1 fully saturated rings. The first kappa shape index (κ1) is 13.2. The van der Waals surface area contributed by atoms with Crippen LogP contribution in [0.1, 0.15) is 12.5 Å². The molecule has 4 heteroatoms. The molecule has 0 aromatic heterocycles. The highest BCUT2D eigenvalue weighted by atomic mass is 16.5. The van der Waals surface area contributed by atoms with E-state index >= 15 is 0 Å². The molecule has 1 aromatic rings. The van der Waals surface area contributed by atoms with E-state index in [1.807, 2.05) is 6.92 Å². The number of nitrogens with zero attached hydrogens (tertiary/aromatic N) is 1. The second-order valence-electron chi connectivity index (χ2n) is 4.78. The van der Waals surface area contributed by atoms with Gasteiger partial charge in [-0.2, -0.15) is 0 Å². The smallest absolute Gasteiger partial charge is 0.124 e. The summed E-state index contributed by atoms with van der Waals surface area (Å²) in [6.45, 7) is 5.48. The Morgan fingerprint density at radius 2 is 2.11 bits per heavy atom. The van der Waals surface area contributed by atoms with Gasteiger partial charge in [0, 0.05) is 30.9 Å². The topological polar surface area (TPSA) is 47.7 Å². The van der Waals surface area contributed by atoms with E-state index in [9.17, 15) is 0 Å². The van der Waals surface area contributed by atoms with Gasteiger partial charge in [-0.25, -0.2) is 0 Å². The number of nitrogens with two attached hydrogens (primary N) is 1. The van der Waals surface area contributed by atoms with Gasteiger partial charge >= 0.3 is 0 Å². The highest BCUT2D eigenvalue weighted by Gasteiger charge is 2.13. The van der Waals surface area contributed by atoms with Crippen LogP contribution in [-0.2, 0) is 11.2 Å². The third-order valence-electron chi connectivity index (χ3n) is 3.19. The van der Waals surface area contributed by atoms with Crippen molar-refractivity contribution in [1.82, 2.24) is 0 Å². The van der Waals surface area contributed by atoms with Crippen molar-refractivity contribution >= 4 is 5.69 Å². The lowest BCUT2D eigenvalue weighted by Gasteiger charge is -2.29. The van der Waals surface area contributed by atoms with Gasteiger partial charge in [-0.05, 0) is 25.0 Å². The molecule has 1 aliphatic rings. The summed E-state index contributed by atoms with van der Waals surface area (Å²) in [5.74, 6) is 0.927. The Hall–Kier alpha value is -1.26. The predicted molar refractivity (Wildman–Crippen MR) is 73.4 cm³/mol. The minimum Gasteiger partial charge on any atom is -0.496 e. The van der Waals surface area contributed by atoms with Crippen LogP contribution in [0, 0.1) is 0 Å². The maximum atomic E-state index is 5.85. The molecule has 1 heterocycles. The molecule has 1 aromatic carbocycles. The molecule has 0 bridgehead atoms. The number of anilines is 1. The minimum absolute atomic E-state index is 0.146. The summed E-state index contributed by atoms with van der Waals surface area (Å²) in [5, 5.41) is 0. The lowest BCUT2D eigenvalue weighted by Crippen LogP contribution is -2.36. The minimum atomic E-state index is 0.146. The van der Waals surface area contributed by atoms with Gasteiger partial charge in [0.05, 0.1) is 20.3 Å². The lowest BCUT2D eigenvalue weighted by molar-refractivity contribution is 0.122. The fourth-order valence-corrected chi connectivity index (χ4v) is 2.27. The molecule has 0 saturated carbocycles. The van der Waals surface area contributed by atoms with Crippen LogP contribution in [-0.4, -0.2) is 39.5 Å². The van der Waals surface area contributed by atoms with Crippen LogP contribution in [0.5, 0.6) is 5.75 Å². The molecule has 1 atom stereocenters. The Morgan fingerprint density at radius 1 is 1.39 bits per heavy atom. The van der Waals surface area contributed by atoms with Crippen molar-refractivity contribution in [1.29, 1.82) is 0 Å². The monoisotopic (exact) mass is 250 g/mol. The van der Waals surface area contributed by atoms with Crippen molar-refractivity contribution in [2.45, 2.75) is 19.4 Å². The first-order chi connectivity index (χ1) is 8.70. The number of rotatable bonds is 4. The van der Waals surface area contributed by atoms with E-state index in [1.165, 1.54) is 11.3 Å². The molecule has 0 amide bonds. The summed E-state index contributed by atoms with van der Waals surface area (Å²) in [6, 6.07) is 6.51. The van der Waals surface area contributed by atoms with Gasteiger partial charge < -0.3 is 20.1 Å². The summed E-state index contributed by atoms with van der Waals surface area (Å²) < 4.78 is 10.8. The summed E-state index contributed by atoms with van der Waals surface area (Å²) in [6.07, 6.45) is 0.840. The average molecular weight is 250 g/mol. The Kier molecular flexibility index (Phi) is 4.44. The van der Waals surface area contributed by atoms with Crippen molar-refractivity contribution in [2.24, 2.45) is 5.73 Å². The Balaban J connectivity index is 2.17. The predicted octanol–water partition coefficient (Wildman–Crippen LogP) is 1.42. The van der Waals surface area contributed by atoms with Crippen LogP contribution in [0.2, 0.25) is 0 Å². The van der Waals surface area contributed by atoms with E-state index in [0.717, 1.165) is 38.5 Å². The summed E-state index contributed by atoms with van der Waals surface area (Å²) in [4.78, 5) is 2.32. The normalized spacial score (nSPS) is 17.6. The summed E-state index contributed by atoms with van der Waals surface area (Å²) >= 11 is 0. The van der Waals surface area contributed by atoms with Crippen LogP contribution in [0.15, 0.2) is 18.2 Å².